The average molecular weight is 582 g/mol. The first-order chi connectivity index (χ1) is 26.1. The van der Waals surface area contributed by atoms with Gasteiger partial charge in [-0.25, -0.2) is 0 Å². The van der Waals surface area contributed by atoms with Crippen molar-refractivity contribution in [3.8, 4) is 44.5 Å². The number of para-hydroxylation sites is 1. The molecule has 0 saturated heterocycles. The third-order valence-corrected chi connectivity index (χ3v) is 8.43. The highest BCUT2D eigenvalue weighted by atomic mass is 16.3. The number of rotatable bonds is 4. The zero-order valence-corrected chi connectivity index (χ0v) is 23.9. The lowest BCUT2D eigenvalue weighted by atomic mass is 9.84. The molecule has 0 amide bonds. The molecule has 0 unspecified atom stereocenters. The van der Waals surface area contributed by atoms with E-state index in [9.17, 15) is 2.74 Å². The maximum Gasteiger partial charge on any atom is 0.143 e. The molecule has 210 valence electrons. The lowest BCUT2D eigenvalue weighted by Crippen LogP contribution is -1.91. The van der Waals surface area contributed by atoms with E-state index in [1.54, 1.807) is 24.3 Å². The largest absolute Gasteiger partial charge is 0.455 e. The summed E-state index contributed by atoms with van der Waals surface area (Å²) < 4.78 is 85.3. The number of hydrogen-bond acceptors (Lipinski definition) is 1. The van der Waals surface area contributed by atoms with E-state index in [2.05, 4.69) is 0 Å². The topological polar surface area (TPSA) is 13.1 Å². The Labute approximate surface area is 274 Å². The van der Waals surface area contributed by atoms with Crippen molar-refractivity contribution in [1.82, 2.24) is 0 Å². The fourth-order valence-corrected chi connectivity index (χ4v) is 6.51. The molecule has 0 fully saturated rings. The van der Waals surface area contributed by atoms with E-state index in [0.717, 1.165) is 38.1 Å². The second-order valence-corrected chi connectivity index (χ2v) is 10.9. The summed E-state index contributed by atoms with van der Waals surface area (Å²) in [6.45, 7) is 0. The maximum absolute atomic E-state index is 9.30. The Hall–Kier alpha value is -5.92. The van der Waals surface area contributed by atoms with Crippen LogP contribution in [-0.2, 0) is 0 Å². The lowest BCUT2D eigenvalue weighted by molar-refractivity contribution is 0.670. The molecular formula is C44H28O. The summed E-state index contributed by atoms with van der Waals surface area (Å²) in [6.07, 6.45) is 0. The number of furan rings is 1. The molecule has 1 nitrogen and oxygen atoms in total. The van der Waals surface area contributed by atoms with E-state index in [1.807, 2.05) is 91.0 Å². The third kappa shape index (κ3) is 4.09. The lowest BCUT2D eigenvalue weighted by Gasteiger charge is -2.18. The first-order valence-electron chi connectivity index (χ1n) is 19.2. The van der Waals surface area contributed by atoms with Crippen LogP contribution in [0, 0.1) is 0 Å². The van der Waals surface area contributed by atoms with Gasteiger partial charge in [0.1, 0.15) is 11.2 Å². The average Bonchev–Trinajstić information content (AvgIpc) is 3.59. The van der Waals surface area contributed by atoms with Crippen LogP contribution in [0.3, 0.4) is 0 Å². The molecule has 0 aliphatic heterocycles. The van der Waals surface area contributed by atoms with Crippen molar-refractivity contribution in [2.24, 2.45) is 0 Å². The zero-order valence-electron chi connectivity index (χ0n) is 32.9. The van der Waals surface area contributed by atoms with Gasteiger partial charge in [0.15, 0.2) is 0 Å². The van der Waals surface area contributed by atoms with Gasteiger partial charge >= 0.3 is 0 Å². The van der Waals surface area contributed by atoms with Crippen molar-refractivity contribution < 1.29 is 16.8 Å². The van der Waals surface area contributed by atoms with Crippen molar-refractivity contribution in [2.45, 2.75) is 0 Å². The van der Waals surface area contributed by atoms with Crippen molar-refractivity contribution in [2.75, 3.05) is 0 Å². The molecule has 0 N–H and O–H groups in total. The molecule has 0 atom stereocenters. The molecule has 45 heavy (non-hydrogen) atoms. The van der Waals surface area contributed by atoms with Crippen molar-refractivity contribution in [3.63, 3.8) is 0 Å². The summed E-state index contributed by atoms with van der Waals surface area (Å²) >= 11 is 0. The van der Waals surface area contributed by atoms with Gasteiger partial charge in [-0.05, 0) is 66.6 Å². The van der Waals surface area contributed by atoms with Crippen LogP contribution in [0.5, 0.6) is 0 Å². The van der Waals surface area contributed by atoms with Gasteiger partial charge < -0.3 is 4.42 Å². The van der Waals surface area contributed by atoms with Crippen LogP contribution < -0.4 is 0 Å². The summed E-state index contributed by atoms with van der Waals surface area (Å²) in [7, 11) is 0. The number of fused-ring (bicyclic) bond motifs is 5. The predicted octanol–water partition coefficient (Wildman–Crippen LogP) is 12.6. The Kier molecular flexibility index (Phi) is 4.15. The number of hydrogen-bond donors (Lipinski definition) is 0. The van der Waals surface area contributed by atoms with Crippen LogP contribution in [0.25, 0.3) is 88.0 Å². The maximum atomic E-state index is 9.30. The molecule has 1 aromatic heterocycles. The number of benzene rings is 8. The first kappa shape index (κ1) is 18.0. The second-order valence-electron chi connectivity index (χ2n) is 10.9. The summed E-state index contributed by atoms with van der Waals surface area (Å²) in [6, 6.07) is 33.4. The molecule has 0 aliphatic carbocycles. The Morgan fingerprint density at radius 3 is 1.62 bits per heavy atom. The van der Waals surface area contributed by atoms with Crippen LogP contribution >= 0.6 is 0 Å². The molecule has 0 spiro atoms. The predicted molar refractivity (Wildman–Crippen MR) is 190 cm³/mol. The Morgan fingerprint density at radius 1 is 0.378 bits per heavy atom. The van der Waals surface area contributed by atoms with Gasteiger partial charge in [-0.15, -0.1) is 0 Å². The van der Waals surface area contributed by atoms with E-state index in [4.69, 9.17) is 14.0 Å². The molecule has 9 rings (SSSR count). The molecule has 9 aromatic rings. The Balaban J connectivity index is 1.37. The SMILES string of the molecule is [2H]c1c([2H])c([2H])c(-c2cccc3c2oc2cccc(-c4c5ccccc5c(-c5c([2H])c([2H])c(-c6ccccc6)c([2H])c5[2H])c5ccccc45)c23)c([2H])c1[2H]. The molecule has 1 heteroatoms. The van der Waals surface area contributed by atoms with E-state index < -0.39 is 18.1 Å². The fraction of sp³-hybridized carbons (Fsp3) is 0. The molecular weight excluding hydrogens is 544 g/mol. The van der Waals surface area contributed by atoms with Crippen LogP contribution in [-0.4, -0.2) is 0 Å². The fourth-order valence-electron chi connectivity index (χ4n) is 6.51. The normalized spacial score (nSPS) is 14.4. The molecule has 1 heterocycles. The summed E-state index contributed by atoms with van der Waals surface area (Å²) in [5.41, 5.74) is 4.80. The van der Waals surface area contributed by atoms with Gasteiger partial charge in [0.05, 0.1) is 12.3 Å². The minimum Gasteiger partial charge on any atom is -0.455 e. The highest BCUT2D eigenvalue weighted by Crippen LogP contribution is 2.47. The van der Waals surface area contributed by atoms with Crippen LogP contribution in [0.2, 0.25) is 0 Å². The molecule has 8 aromatic carbocycles. The summed E-state index contributed by atoms with van der Waals surface area (Å²) in [5.74, 6) is 0. The molecule has 0 aliphatic rings. The van der Waals surface area contributed by atoms with Crippen LogP contribution in [0.4, 0.5) is 0 Å². The van der Waals surface area contributed by atoms with E-state index in [-0.39, 0.29) is 52.9 Å². The van der Waals surface area contributed by atoms with E-state index in [1.165, 1.54) is 0 Å². The van der Waals surface area contributed by atoms with Gasteiger partial charge in [-0.3, -0.25) is 0 Å². The van der Waals surface area contributed by atoms with Gasteiger partial charge in [-0.1, -0.05) is 164 Å². The van der Waals surface area contributed by atoms with Crippen molar-refractivity contribution >= 4 is 43.5 Å². The van der Waals surface area contributed by atoms with Gasteiger partial charge in [-0.2, -0.15) is 0 Å². The van der Waals surface area contributed by atoms with Crippen LogP contribution in [0.15, 0.2) is 174 Å². The van der Waals surface area contributed by atoms with Gasteiger partial charge in [0.2, 0.25) is 0 Å². The smallest absolute Gasteiger partial charge is 0.143 e. The van der Waals surface area contributed by atoms with Crippen molar-refractivity contribution in [3.05, 3.63) is 170 Å². The minimum atomic E-state index is -0.463. The van der Waals surface area contributed by atoms with E-state index in [0.29, 0.717) is 33.2 Å². The standard InChI is InChI=1S/C44H28O/c1-3-13-29(14-4-1)30-25-27-32(28-26-30)41-34-17-7-9-19-36(34)42(37-20-10-8-18-35(37)41)38-22-12-24-40-43(38)39-23-11-21-33(44(39)45-40)31-15-5-2-6-16-31/h1-28H/i2D,5D,6D,15D,16D,25D,26D,27D,28D. The summed E-state index contributed by atoms with van der Waals surface area (Å²) in [5, 5.41) is 4.66. The van der Waals surface area contributed by atoms with Gasteiger partial charge in [0, 0.05) is 16.3 Å². The second kappa shape index (κ2) is 10.4. The third-order valence-electron chi connectivity index (χ3n) is 8.43. The van der Waals surface area contributed by atoms with Gasteiger partial charge in [0.25, 0.3) is 0 Å². The Morgan fingerprint density at radius 2 is 0.933 bits per heavy atom. The quantitative estimate of drug-likeness (QED) is 0.188. The molecule has 0 saturated carbocycles. The minimum absolute atomic E-state index is 0.0608. The summed E-state index contributed by atoms with van der Waals surface area (Å²) in [4.78, 5) is 0. The van der Waals surface area contributed by atoms with Crippen molar-refractivity contribution in [1.29, 1.82) is 0 Å². The highest BCUT2D eigenvalue weighted by molar-refractivity contribution is 6.26. The molecule has 0 radical (unpaired) electrons. The van der Waals surface area contributed by atoms with Crippen LogP contribution in [0.1, 0.15) is 12.3 Å². The Bertz CT molecular complexity index is 2930. The molecule has 0 bridgehead atoms. The zero-order chi connectivity index (χ0) is 37.6. The first-order valence-corrected chi connectivity index (χ1v) is 14.7. The van der Waals surface area contributed by atoms with E-state index >= 15 is 0 Å². The highest BCUT2D eigenvalue weighted by Gasteiger charge is 2.21. The monoisotopic (exact) mass is 581 g/mol.